The van der Waals surface area contributed by atoms with Gasteiger partial charge in [0.2, 0.25) is 0 Å². The summed E-state index contributed by atoms with van der Waals surface area (Å²) in [5, 5.41) is 5.20. The summed E-state index contributed by atoms with van der Waals surface area (Å²) in [6, 6.07) is 52.3. The number of rotatable bonds is 3. The molecule has 0 radical (unpaired) electrons. The van der Waals surface area contributed by atoms with E-state index in [2.05, 4.69) is 186 Å². The zero-order valence-corrected chi connectivity index (χ0v) is 28.7. The maximum atomic E-state index is 2.42. The summed E-state index contributed by atoms with van der Waals surface area (Å²) < 4.78 is 0. The van der Waals surface area contributed by atoms with Crippen molar-refractivity contribution in [1.29, 1.82) is 0 Å². The summed E-state index contributed by atoms with van der Waals surface area (Å²) in [5.74, 6) is 0. The molecule has 1 heteroatoms. The SMILES string of the molecule is CC1(C)c2ccccc2-c2ccc(N(c3ccccc3)c3ccc4c(ccc5ccc6c(c54)-c4ccccc4C(C)(C)C6(C)C)c3)cc21. The molecule has 0 saturated heterocycles. The molecular formula is C47H41N. The first-order chi connectivity index (χ1) is 23.1. The van der Waals surface area contributed by atoms with Crippen LogP contribution in [0.3, 0.4) is 0 Å². The molecule has 48 heavy (non-hydrogen) atoms. The first-order valence-corrected chi connectivity index (χ1v) is 17.3. The van der Waals surface area contributed by atoms with Crippen molar-refractivity contribution < 1.29 is 0 Å². The summed E-state index contributed by atoms with van der Waals surface area (Å²) in [6.45, 7) is 14.4. The number of para-hydroxylation sites is 1. The number of fused-ring (bicyclic) bond motifs is 10. The lowest BCUT2D eigenvalue weighted by molar-refractivity contribution is 0.299. The highest BCUT2D eigenvalue weighted by Gasteiger charge is 2.46. The van der Waals surface area contributed by atoms with E-state index in [1.165, 1.54) is 71.7 Å². The average Bonchev–Trinajstić information content (AvgIpc) is 3.33. The molecule has 7 aromatic rings. The molecule has 0 N–H and O–H groups in total. The van der Waals surface area contributed by atoms with E-state index in [0.717, 1.165) is 11.4 Å². The Morgan fingerprint density at radius 1 is 0.396 bits per heavy atom. The van der Waals surface area contributed by atoms with Gasteiger partial charge in [0.15, 0.2) is 0 Å². The maximum absolute atomic E-state index is 2.42. The monoisotopic (exact) mass is 619 g/mol. The van der Waals surface area contributed by atoms with Gasteiger partial charge < -0.3 is 4.90 Å². The van der Waals surface area contributed by atoms with Crippen molar-refractivity contribution in [3.8, 4) is 22.3 Å². The standard InChI is InChI=1S/C47H41N/c1-45(2)39-18-12-10-16-36(39)37-26-24-34(29-42(37)45)48(32-14-8-7-9-15-32)33-23-25-35-31(28-33)21-20-30-22-27-41-44(43(30)35)38-17-11-13-19-40(38)46(3,4)47(41,5)6/h7-29H,1-6H3. The van der Waals surface area contributed by atoms with Crippen molar-refractivity contribution in [3.63, 3.8) is 0 Å². The Hall–Kier alpha value is -5.14. The van der Waals surface area contributed by atoms with Gasteiger partial charge in [0.05, 0.1) is 0 Å². The van der Waals surface area contributed by atoms with Crippen molar-refractivity contribution in [2.24, 2.45) is 0 Å². The fraction of sp³-hybridized carbons (Fsp3) is 0.191. The van der Waals surface area contributed by atoms with Crippen molar-refractivity contribution in [2.45, 2.75) is 57.8 Å². The van der Waals surface area contributed by atoms with Crippen LogP contribution in [0.1, 0.15) is 63.8 Å². The lowest BCUT2D eigenvalue weighted by atomic mass is 9.55. The van der Waals surface area contributed by atoms with Crippen molar-refractivity contribution in [1.82, 2.24) is 0 Å². The molecule has 0 amide bonds. The molecule has 0 aliphatic heterocycles. The summed E-state index contributed by atoms with van der Waals surface area (Å²) >= 11 is 0. The van der Waals surface area contributed by atoms with E-state index >= 15 is 0 Å². The lowest BCUT2D eigenvalue weighted by Gasteiger charge is -2.48. The van der Waals surface area contributed by atoms with E-state index in [0.29, 0.717) is 0 Å². The molecule has 0 fully saturated rings. The molecule has 0 spiro atoms. The Morgan fingerprint density at radius 2 is 0.979 bits per heavy atom. The minimum absolute atomic E-state index is 0.00397. The zero-order chi connectivity index (χ0) is 33.0. The Balaban J connectivity index is 1.26. The van der Waals surface area contributed by atoms with Crippen LogP contribution < -0.4 is 4.90 Å². The van der Waals surface area contributed by atoms with E-state index in [4.69, 9.17) is 0 Å². The predicted molar refractivity (Wildman–Crippen MR) is 205 cm³/mol. The van der Waals surface area contributed by atoms with Gasteiger partial charge in [0.25, 0.3) is 0 Å². The molecule has 0 saturated carbocycles. The molecule has 0 unspecified atom stereocenters. The second kappa shape index (κ2) is 9.94. The number of anilines is 3. The topological polar surface area (TPSA) is 3.24 Å². The first-order valence-electron chi connectivity index (χ1n) is 17.3. The van der Waals surface area contributed by atoms with Crippen molar-refractivity contribution in [3.05, 3.63) is 162 Å². The molecule has 0 aromatic heterocycles. The third-order valence-electron chi connectivity index (χ3n) is 12.2. The number of benzene rings is 7. The second-order valence-corrected chi connectivity index (χ2v) is 15.4. The van der Waals surface area contributed by atoms with Crippen LogP contribution in [0.5, 0.6) is 0 Å². The molecule has 1 nitrogen and oxygen atoms in total. The van der Waals surface area contributed by atoms with Crippen molar-refractivity contribution in [2.75, 3.05) is 4.90 Å². The maximum Gasteiger partial charge on any atom is 0.0468 e. The fourth-order valence-electron chi connectivity index (χ4n) is 8.86. The lowest BCUT2D eigenvalue weighted by Crippen LogP contribution is -2.43. The number of hydrogen-bond donors (Lipinski definition) is 0. The van der Waals surface area contributed by atoms with Crippen molar-refractivity contribution >= 4 is 38.6 Å². The average molecular weight is 620 g/mol. The van der Waals surface area contributed by atoms with Crippen LogP contribution in [-0.4, -0.2) is 0 Å². The highest BCUT2D eigenvalue weighted by Crippen LogP contribution is 2.56. The molecule has 0 heterocycles. The zero-order valence-electron chi connectivity index (χ0n) is 28.7. The minimum Gasteiger partial charge on any atom is -0.310 e. The fourth-order valence-corrected chi connectivity index (χ4v) is 8.86. The minimum atomic E-state index is -0.0652. The van der Waals surface area contributed by atoms with Gasteiger partial charge >= 0.3 is 0 Å². The van der Waals surface area contributed by atoms with Crippen LogP contribution in [0, 0.1) is 0 Å². The van der Waals surface area contributed by atoms with Gasteiger partial charge in [-0.3, -0.25) is 0 Å². The number of hydrogen-bond acceptors (Lipinski definition) is 1. The van der Waals surface area contributed by atoms with Crippen LogP contribution >= 0.6 is 0 Å². The van der Waals surface area contributed by atoms with Gasteiger partial charge in [-0.15, -0.1) is 0 Å². The molecular weight excluding hydrogens is 579 g/mol. The van der Waals surface area contributed by atoms with Gasteiger partial charge in [0.1, 0.15) is 0 Å². The Labute approximate surface area is 284 Å². The molecule has 9 rings (SSSR count). The van der Waals surface area contributed by atoms with E-state index in [9.17, 15) is 0 Å². The second-order valence-electron chi connectivity index (χ2n) is 15.4. The summed E-state index contributed by atoms with van der Waals surface area (Å²) in [7, 11) is 0. The quantitative estimate of drug-likeness (QED) is 0.178. The third kappa shape index (κ3) is 3.85. The van der Waals surface area contributed by atoms with E-state index in [-0.39, 0.29) is 16.2 Å². The Kier molecular flexibility index (Phi) is 6.01. The van der Waals surface area contributed by atoms with Crippen LogP contribution in [0.15, 0.2) is 140 Å². The normalized spacial score (nSPS) is 16.2. The molecule has 7 aromatic carbocycles. The van der Waals surface area contributed by atoms with E-state index in [1.54, 1.807) is 0 Å². The summed E-state index contributed by atoms with van der Waals surface area (Å²) in [4.78, 5) is 2.42. The van der Waals surface area contributed by atoms with Gasteiger partial charge in [-0.05, 0) is 113 Å². The summed E-state index contributed by atoms with van der Waals surface area (Å²) in [5.41, 5.74) is 14.5. The predicted octanol–water partition coefficient (Wildman–Crippen LogP) is 13.0. The largest absolute Gasteiger partial charge is 0.310 e. The van der Waals surface area contributed by atoms with Crippen LogP contribution in [0.4, 0.5) is 17.1 Å². The summed E-state index contributed by atoms with van der Waals surface area (Å²) in [6.07, 6.45) is 0. The van der Waals surface area contributed by atoms with E-state index < -0.39 is 0 Å². The molecule has 2 aliphatic rings. The Bertz CT molecular complexity index is 2430. The molecule has 234 valence electrons. The number of nitrogens with zero attached hydrogens (tertiary/aromatic N) is 1. The van der Waals surface area contributed by atoms with Crippen LogP contribution in [-0.2, 0) is 16.2 Å². The highest BCUT2D eigenvalue weighted by atomic mass is 15.1. The van der Waals surface area contributed by atoms with Gasteiger partial charge in [0, 0.05) is 22.5 Å². The molecule has 2 aliphatic carbocycles. The molecule has 0 atom stereocenters. The highest BCUT2D eigenvalue weighted by molar-refractivity contribution is 6.16. The van der Waals surface area contributed by atoms with E-state index in [1.807, 2.05) is 0 Å². The van der Waals surface area contributed by atoms with Gasteiger partial charge in [-0.25, -0.2) is 0 Å². The smallest absolute Gasteiger partial charge is 0.0468 e. The van der Waals surface area contributed by atoms with Gasteiger partial charge in [-0.1, -0.05) is 145 Å². The van der Waals surface area contributed by atoms with Gasteiger partial charge in [-0.2, -0.15) is 0 Å². The van der Waals surface area contributed by atoms with Crippen LogP contribution in [0.25, 0.3) is 43.8 Å². The van der Waals surface area contributed by atoms with Crippen LogP contribution in [0.2, 0.25) is 0 Å². The molecule has 0 bridgehead atoms. The third-order valence-corrected chi connectivity index (χ3v) is 12.2. The Morgan fingerprint density at radius 3 is 1.77 bits per heavy atom. The first kappa shape index (κ1) is 29.0.